The van der Waals surface area contributed by atoms with Crippen molar-refractivity contribution in [3.8, 4) is 11.5 Å². The van der Waals surface area contributed by atoms with Crippen molar-refractivity contribution in [1.29, 1.82) is 0 Å². The molecule has 2 unspecified atom stereocenters. The Hall–Kier alpha value is -6.24. The van der Waals surface area contributed by atoms with Gasteiger partial charge in [-0.3, -0.25) is 19.2 Å². The van der Waals surface area contributed by atoms with Crippen molar-refractivity contribution < 1.29 is 57.2 Å². The maximum absolute atomic E-state index is 12.8. The lowest BCUT2D eigenvalue weighted by molar-refractivity contribution is -0.153. The van der Waals surface area contributed by atoms with Crippen molar-refractivity contribution >= 4 is 58.6 Å². The minimum Gasteiger partial charge on any atom is -0.487 e. The summed E-state index contributed by atoms with van der Waals surface area (Å²) in [7, 11) is 0. The molecule has 0 aliphatic carbocycles. The average molecular weight is 832 g/mol. The van der Waals surface area contributed by atoms with Gasteiger partial charge in [0.25, 0.3) is 0 Å². The van der Waals surface area contributed by atoms with Crippen molar-refractivity contribution in [2.45, 2.75) is 37.9 Å². The first-order chi connectivity index (χ1) is 27.9. The normalized spacial score (nSPS) is 11.6. The minimum absolute atomic E-state index is 0.0613. The predicted octanol–water partition coefficient (Wildman–Crippen LogP) is 7.76. The molecule has 302 valence electrons. The third-order valence-corrected chi connectivity index (χ3v) is 8.65. The zero-order chi connectivity index (χ0) is 41.9. The Morgan fingerprint density at radius 1 is 0.483 bits per heavy atom. The molecule has 0 amide bonds. The van der Waals surface area contributed by atoms with Gasteiger partial charge in [0.05, 0.1) is 26.1 Å². The van der Waals surface area contributed by atoms with Crippen LogP contribution in [0, 0.1) is 0 Å². The minimum atomic E-state index is -0.760. The van der Waals surface area contributed by atoms with Gasteiger partial charge >= 0.3 is 23.9 Å². The second-order valence-corrected chi connectivity index (χ2v) is 13.3. The largest absolute Gasteiger partial charge is 0.487 e. The van der Waals surface area contributed by atoms with Gasteiger partial charge in [0, 0.05) is 57.3 Å². The molecule has 4 rings (SSSR count). The first kappa shape index (κ1) is 44.5. The lowest BCUT2D eigenvalue weighted by Gasteiger charge is -2.20. The van der Waals surface area contributed by atoms with Gasteiger partial charge in [0.1, 0.15) is 36.9 Å². The number of carbonyl (C=O) groups is 6. The highest BCUT2D eigenvalue weighted by Crippen LogP contribution is 2.21. The third kappa shape index (κ3) is 15.0. The molecule has 12 nitrogen and oxygen atoms in total. The Kier molecular flexibility index (Phi) is 17.7. The number of carbonyl (C=O) groups excluding carboxylic acids is 6. The molecule has 2 atom stereocenters. The molecule has 0 aliphatic rings. The highest BCUT2D eigenvalue weighted by atomic mass is 35.5. The lowest BCUT2D eigenvalue weighted by Crippen LogP contribution is -2.28. The molecule has 0 N–H and O–H groups in total. The number of esters is 4. The fourth-order valence-electron chi connectivity index (χ4n) is 5.06. The molecular weight excluding hydrogens is 791 g/mol. The number of halogens is 2. The van der Waals surface area contributed by atoms with E-state index < -0.39 is 36.1 Å². The van der Waals surface area contributed by atoms with Crippen molar-refractivity contribution in [2.75, 3.05) is 26.4 Å². The standard InChI is InChI=1S/C44H40Cl2O12/c1-3-39(47)53-25-23-37(57-35-17-9-31(10-18-35)43(51)29-5-13-33(45)14-6-29)27-55-41(49)21-22-42(50)56-28-38(24-26-54-40(48)4-2)58-36-19-11-32(12-20-36)44(52)30-7-15-34(46)16-8-30/h3-20,37-38H,1-2,21-28H2. The summed E-state index contributed by atoms with van der Waals surface area (Å²) in [5.74, 6) is -2.39. The quantitative estimate of drug-likeness (QED) is 0.0310. The molecule has 0 radical (unpaired) electrons. The van der Waals surface area contributed by atoms with Crippen LogP contribution in [-0.4, -0.2) is 74.1 Å². The van der Waals surface area contributed by atoms with E-state index in [1.54, 1.807) is 97.1 Å². The Bertz CT molecular complexity index is 1900. The third-order valence-electron chi connectivity index (χ3n) is 8.15. The molecule has 0 aliphatic heterocycles. The molecule has 0 aromatic heterocycles. The molecule has 0 spiro atoms. The number of ketones is 2. The van der Waals surface area contributed by atoms with Crippen LogP contribution >= 0.6 is 23.2 Å². The van der Waals surface area contributed by atoms with E-state index in [1.165, 1.54) is 0 Å². The monoisotopic (exact) mass is 830 g/mol. The molecule has 0 saturated carbocycles. The molecule has 4 aromatic rings. The Morgan fingerprint density at radius 2 is 0.793 bits per heavy atom. The Morgan fingerprint density at radius 3 is 1.10 bits per heavy atom. The van der Waals surface area contributed by atoms with Crippen LogP contribution in [0.4, 0.5) is 0 Å². The fourth-order valence-corrected chi connectivity index (χ4v) is 5.32. The second-order valence-electron chi connectivity index (χ2n) is 12.4. The number of hydrogen-bond donors (Lipinski definition) is 0. The number of hydrogen-bond acceptors (Lipinski definition) is 12. The Labute approximate surface area is 345 Å². The van der Waals surface area contributed by atoms with Crippen LogP contribution in [0.15, 0.2) is 122 Å². The van der Waals surface area contributed by atoms with Gasteiger partial charge in [0.2, 0.25) is 0 Å². The maximum Gasteiger partial charge on any atom is 0.330 e. The van der Waals surface area contributed by atoms with Crippen LogP contribution < -0.4 is 9.47 Å². The first-order valence-electron chi connectivity index (χ1n) is 18.0. The zero-order valence-corrected chi connectivity index (χ0v) is 32.8. The summed E-state index contributed by atoms with van der Waals surface area (Å²) in [4.78, 5) is 74.2. The summed E-state index contributed by atoms with van der Waals surface area (Å²) in [5, 5.41) is 1.02. The summed E-state index contributed by atoms with van der Waals surface area (Å²) in [6.45, 7) is 6.12. The Balaban J connectivity index is 1.28. The number of benzene rings is 4. The molecule has 0 heterocycles. The number of rotatable bonds is 23. The van der Waals surface area contributed by atoms with Crippen LogP contribution in [0.5, 0.6) is 11.5 Å². The highest BCUT2D eigenvalue weighted by molar-refractivity contribution is 6.31. The molecular formula is C44H40Cl2O12. The van der Waals surface area contributed by atoms with Crippen LogP contribution in [0.2, 0.25) is 10.0 Å². The van der Waals surface area contributed by atoms with Crippen LogP contribution in [0.25, 0.3) is 0 Å². The van der Waals surface area contributed by atoms with E-state index in [-0.39, 0.29) is 63.7 Å². The van der Waals surface area contributed by atoms with Crippen molar-refractivity contribution in [3.05, 3.63) is 155 Å². The van der Waals surface area contributed by atoms with E-state index >= 15 is 0 Å². The SMILES string of the molecule is C=CC(=O)OCCC(COC(=O)CCC(=O)OCC(CCOC(=O)C=C)Oc1ccc(C(=O)c2ccc(Cl)cc2)cc1)Oc1ccc(C(=O)c2ccc(Cl)cc2)cc1. The van der Waals surface area contributed by atoms with Crippen molar-refractivity contribution in [2.24, 2.45) is 0 Å². The van der Waals surface area contributed by atoms with Crippen LogP contribution in [0.3, 0.4) is 0 Å². The van der Waals surface area contributed by atoms with E-state index in [0.717, 1.165) is 12.2 Å². The van der Waals surface area contributed by atoms with Gasteiger partial charge in [-0.2, -0.15) is 0 Å². The molecule has 58 heavy (non-hydrogen) atoms. The van der Waals surface area contributed by atoms with E-state index in [1.807, 2.05) is 0 Å². The summed E-state index contributed by atoms with van der Waals surface area (Å²) >= 11 is 11.9. The van der Waals surface area contributed by atoms with Gasteiger partial charge in [0.15, 0.2) is 11.6 Å². The smallest absolute Gasteiger partial charge is 0.330 e. The molecule has 14 heteroatoms. The number of ether oxygens (including phenoxy) is 6. The van der Waals surface area contributed by atoms with Crippen molar-refractivity contribution in [3.63, 3.8) is 0 Å². The molecule has 0 fully saturated rings. The van der Waals surface area contributed by atoms with Gasteiger partial charge in [-0.15, -0.1) is 0 Å². The molecule has 4 aromatic carbocycles. The van der Waals surface area contributed by atoms with E-state index in [0.29, 0.717) is 43.8 Å². The summed E-state index contributed by atoms with van der Waals surface area (Å²) in [5.41, 5.74) is 1.75. The fraction of sp³-hybridized carbons (Fsp3) is 0.227. The van der Waals surface area contributed by atoms with E-state index in [2.05, 4.69) is 13.2 Å². The second kappa shape index (κ2) is 23.1. The summed E-state index contributed by atoms with van der Waals surface area (Å²) < 4.78 is 32.9. The predicted molar refractivity (Wildman–Crippen MR) is 214 cm³/mol. The first-order valence-corrected chi connectivity index (χ1v) is 18.7. The topological polar surface area (TPSA) is 158 Å². The van der Waals surface area contributed by atoms with Gasteiger partial charge in [-0.05, 0) is 97.1 Å². The van der Waals surface area contributed by atoms with E-state index in [9.17, 15) is 28.8 Å². The molecule has 0 bridgehead atoms. The lowest BCUT2D eigenvalue weighted by atomic mass is 10.0. The highest BCUT2D eigenvalue weighted by Gasteiger charge is 2.20. The summed E-state index contributed by atoms with van der Waals surface area (Å²) in [6.07, 6.45) is 0.169. The van der Waals surface area contributed by atoms with E-state index in [4.69, 9.17) is 51.6 Å². The maximum atomic E-state index is 12.8. The van der Waals surface area contributed by atoms with Crippen LogP contribution in [-0.2, 0) is 38.1 Å². The summed E-state index contributed by atoms with van der Waals surface area (Å²) in [6, 6.07) is 25.7. The van der Waals surface area contributed by atoms with Gasteiger partial charge in [-0.1, -0.05) is 36.4 Å². The zero-order valence-electron chi connectivity index (χ0n) is 31.3. The van der Waals surface area contributed by atoms with Crippen molar-refractivity contribution in [1.82, 2.24) is 0 Å². The van der Waals surface area contributed by atoms with Gasteiger partial charge < -0.3 is 28.4 Å². The molecule has 0 saturated heterocycles. The van der Waals surface area contributed by atoms with Gasteiger partial charge in [-0.25, -0.2) is 9.59 Å². The average Bonchev–Trinajstić information content (AvgIpc) is 3.24. The van der Waals surface area contributed by atoms with Crippen LogP contribution in [0.1, 0.15) is 57.5 Å².